The SMILES string of the molecule is [Na+].[OH-].[O]=[Ti]=[O]. The Bertz CT molecular complexity index is 27.9. The fourth-order valence-electron chi connectivity index (χ4n) is 0. The van der Waals surface area contributed by atoms with Crippen molar-refractivity contribution in [2.45, 2.75) is 0 Å². The summed E-state index contributed by atoms with van der Waals surface area (Å²) in [6, 6.07) is 0. The minimum atomic E-state index is -2.00. The number of hydrogen-bond acceptors (Lipinski definition) is 3. The second-order valence-electron chi connectivity index (χ2n) is 0.0833. The Balaban J connectivity index is -0.0000000200. The summed E-state index contributed by atoms with van der Waals surface area (Å²) in [7, 11) is 0. The molecular formula is HNaO3Ti. The van der Waals surface area contributed by atoms with E-state index in [2.05, 4.69) is 0 Å². The summed E-state index contributed by atoms with van der Waals surface area (Å²) in [6.07, 6.45) is 0. The third-order valence-corrected chi connectivity index (χ3v) is 0. The van der Waals surface area contributed by atoms with E-state index in [9.17, 15) is 0 Å². The molecule has 0 saturated heterocycles. The van der Waals surface area contributed by atoms with E-state index in [0.29, 0.717) is 0 Å². The first kappa shape index (κ1) is 16.3. The molecule has 0 amide bonds. The van der Waals surface area contributed by atoms with Crippen molar-refractivity contribution in [1.82, 2.24) is 0 Å². The standard InChI is InChI=1S/Na.H2O.2O.Ti/h;1H2;;;/q+1;;;;/p-1. The van der Waals surface area contributed by atoms with Crippen molar-refractivity contribution in [3.8, 4) is 0 Å². The van der Waals surface area contributed by atoms with Crippen LogP contribution in [0.2, 0.25) is 0 Å². The molecular weight excluding hydrogens is 119 g/mol. The molecule has 0 atom stereocenters. The van der Waals surface area contributed by atoms with Crippen molar-refractivity contribution in [3.05, 3.63) is 0 Å². The van der Waals surface area contributed by atoms with Gasteiger partial charge in [-0.3, -0.25) is 0 Å². The van der Waals surface area contributed by atoms with Crippen LogP contribution in [-0.2, 0) is 25.7 Å². The van der Waals surface area contributed by atoms with E-state index in [1.165, 1.54) is 0 Å². The average Bonchev–Trinajstić information content (AvgIpc) is 0.918. The first-order valence-electron chi connectivity index (χ1n) is 0.408. The molecule has 0 aliphatic carbocycles. The van der Waals surface area contributed by atoms with Gasteiger partial charge in [0.2, 0.25) is 0 Å². The molecule has 0 bridgehead atoms. The Morgan fingerprint density at radius 2 is 1.20 bits per heavy atom. The Labute approximate surface area is 60.3 Å². The average molecular weight is 120 g/mol. The molecule has 0 aromatic rings. The first-order chi connectivity index (χ1) is 1.41. The van der Waals surface area contributed by atoms with Gasteiger partial charge in [0, 0.05) is 0 Å². The maximum absolute atomic E-state index is 8.50. The van der Waals surface area contributed by atoms with Gasteiger partial charge in [-0.05, 0) is 0 Å². The molecule has 0 unspecified atom stereocenters. The van der Waals surface area contributed by atoms with Crippen molar-refractivity contribution in [3.63, 3.8) is 0 Å². The monoisotopic (exact) mass is 120 g/mol. The maximum atomic E-state index is 8.50. The van der Waals surface area contributed by atoms with Gasteiger partial charge in [0.15, 0.2) is 0 Å². The van der Waals surface area contributed by atoms with E-state index in [1.807, 2.05) is 0 Å². The predicted octanol–water partition coefficient (Wildman–Crippen LogP) is -3.41. The molecule has 0 aliphatic heterocycles. The number of rotatable bonds is 0. The zero-order valence-electron chi connectivity index (χ0n) is 2.76. The summed E-state index contributed by atoms with van der Waals surface area (Å²) in [5.74, 6) is 0. The van der Waals surface area contributed by atoms with Crippen LogP contribution in [0.4, 0.5) is 0 Å². The van der Waals surface area contributed by atoms with Crippen molar-refractivity contribution >= 4 is 0 Å². The summed E-state index contributed by atoms with van der Waals surface area (Å²) >= 11 is -2.00. The van der Waals surface area contributed by atoms with Crippen LogP contribution in [0.25, 0.3) is 0 Å². The topological polar surface area (TPSA) is 64.1 Å². The van der Waals surface area contributed by atoms with Gasteiger partial charge in [-0.2, -0.15) is 0 Å². The fourth-order valence-corrected chi connectivity index (χ4v) is 0. The molecule has 3 nitrogen and oxygen atoms in total. The molecule has 5 heavy (non-hydrogen) atoms. The predicted molar refractivity (Wildman–Crippen MR) is 3.31 cm³/mol. The summed E-state index contributed by atoms with van der Waals surface area (Å²) in [4.78, 5) is 0. The first-order valence-corrected chi connectivity index (χ1v) is 1.68. The zero-order chi connectivity index (χ0) is 2.71. The van der Waals surface area contributed by atoms with E-state index in [0.717, 1.165) is 0 Å². The van der Waals surface area contributed by atoms with Crippen molar-refractivity contribution in [1.29, 1.82) is 0 Å². The van der Waals surface area contributed by atoms with Gasteiger partial charge < -0.3 is 5.48 Å². The van der Waals surface area contributed by atoms with Crippen LogP contribution >= 0.6 is 0 Å². The quantitative estimate of drug-likeness (QED) is 0.313. The Hall–Kier alpha value is 1.27. The van der Waals surface area contributed by atoms with Gasteiger partial charge in [0.25, 0.3) is 0 Å². The van der Waals surface area contributed by atoms with Crippen LogP contribution in [0, 0.1) is 0 Å². The normalized spacial score (nSPS) is 1.60. The van der Waals surface area contributed by atoms with Crippen LogP contribution in [0.3, 0.4) is 0 Å². The van der Waals surface area contributed by atoms with Crippen LogP contribution in [0.5, 0.6) is 0 Å². The summed E-state index contributed by atoms with van der Waals surface area (Å²) in [5.41, 5.74) is 0. The molecule has 0 heterocycles. The molecule has 5 heteroatoms. The molecule has 0 fully saturated rings. The van der Waals surface area contributed by atoms with E-state index >= 15 is 0 Å². The van der Waals surface area contributed by atoms with Crippen LogP contribution < -0.4 is 29.6 Å². The molecule has 0 saturated carbocycles. The van der Waals surface area contributed by atoms with Crippen molar-refractivity contribution in [2.24, 2.45) is 0 Å². The molecule has 0 spiro atoms. The molecule has 0 rings (SSSR count). The van der Waals surface area contributed by atoms with Gasteiger partial charge in [0.05, 0.1) is 0 Å². The molecule has 0 aromatic heterocycles. The third kappa shape index (κ3) is 34.8. The molecule has 0 aromatic carbocycles. The van der Waals surface area contributed by atoms with E-state index in [1.54, 1.807) is 0 Å². The van der Waals surface area contributed by atoms with E-state index in [-0.39, 0.29) is 35.0 Å². The van der Waals surface area contributed by atoms with Crippen molar-refractivity contribution in [2.75, 3.05) is 0 Å². The van der Waals surface area contributed by atoms with Gasteiger partial charge in [-0.15, -0.1) is 0 Å². The molecule has 24 valence electrons. The van der Waals surface area contributed by atoms with E-state index in [4.69, 9.17) is 6.65 Å². The molecule has 0 radical (unpaired) electrons. The van der Waals surface area contributed by atoms with Crippen LogP contribution in [0.15, 0.2) is 0 Å². The fraction of sp³-hybridized carbons (Fsp3) is 0. The second kappa shape index (κ2) is 18.6. The summed E-state index contributed by atoms with van der Waals surface area (Å²) in [5, 5.41) is 0. The van der Waals surface area contributed by atoms with Gasteiger partial charge >= 0.3 is 55.3 Å². The molecule has 1 N–H and O–H groups in total. The Morgan fingerprint density at radius 1 is 1.20 bits per heavy atom. The minimum absolute atomic E-state index is 0. The van der Waals surface area contributed by atoms with Crippen LogP contribution in [-0.4, -0.2) is 5.48 Å². The zero-order valence-corrected chi connectivity index (χ0v) is 6.33. The number of hydrogen-bond donors (Lipinski definition) is 0. The van der Waals surface area contributed by atoms with Gasteiger partial charge in [-0.25, -0.2) is 0 Å². The van der Waals surface area contributed by atoms with Gasteiger partial charge in [-0.1, -0.05) is 0 Å². The van der Waals surface area contributed by atoms with Gasteiger partial charge in [0.1, 0.15) is 0 Å². The molecule has 0 aliphatic rings. The third-order valence-electron chi connectivity index (χ3n) is 0. The summed E-state index contributed by atoms with van der Waals surface area (Å²) < 4.78 is 17.0. The Morgan fingerprint density at radius 3 is 1.20 bits per heavy atom. The Kier molecular flexibility index (Phi) is 60.7. The second-order valence-corrected chi connectivity index (χ2v) is 0.344. The van der Waals surface area contributed by atoms with Crippen LogP contribution in [0.1, 0.15) is 0 Å². The van der Waals surface area contributed by atoms with E-state index < -0.39 is 19.1 Å². The summed E-state index contributed by atoms with van der Waals surface area (Å²) in [6.45, 7) is 0. The van der Waals surface area contributed by atoms with Crippen molar-refractivity contribution < 1.29 is 60.8 Å².